The predicted octanol–water partition coefficient (Wildman–Crippen LogP) is 2.96. The van der Waals surface area contributed by atoms with Gasteiger partial charge in [0.25, 0.3) is 11.8 Å². The van der Waals surface area contributed by atoms with Gasteiger partial charge in [0.2, 0.25) is 0 Å². The Hall–Kier alpha value is -3.35. The molecule has 0 saturated heterocycles. The van der Waals surface area contributed by atoms with Crippen LogP contribution in [0.3, 0.4) is 0 Å². The van der Waals surface area contributed by atoms with Crippen LogP contribution in [0.5, 0.6) is 5.75 Å². The number of ether oxygens (including phenoxy) is 2. The third-order valence-corrected chi connectivity index (χ3v) is 4.99. The van der Waals surface area contributed by atoms with Gasteiger partial charge in [-0.25, -0.2) is 4.79 Å². The number of aryl methyl sites for hydroxylation is 1. The number of nitrogens with zero attached hydrogens (tertiary/aromatic N) is 1. The summed E-state index contributed by atoms with van der Waals surface area (Å²) in [4.78, 5) is 39.0. The van der Waals surface area contributed by atoms with Gasteiger partial charge < -0.3 is 19.7 Å². The van der Waals surface area contributed by atoms with Crippen LogP contribution in [0.2, 0.25) is 0 Å². The van der Waals surface area contributed by atoms with Gasteiger partial charge in [-0.2, -0.15) is 0 Å². The Labute approximate surface area is 183 Å². The molecule has 0 spiro atoms. The van der Waals surface area contributed by atoms with Gasteiger partial charge in [0.15, 0.2) is 6.61 Å². The summed E-state index contributed by atoms with van der Waals surface area (Å²) in [5.74, 6) is -0.949. The molecular formula is C24H30N2O5. The van der Waals surface area contributed by atoms with E-state index in [-0.39, 0.29) is 18.4 Å². The number of carbonyl (C=O) groups is 3. The van der Waals surface area contributed by atoms with Gasteiger partial charge in [0.05, 0.1) is 7.11 Å². The summed E-state index contributed by atoms with van der Waals surface area (Å²) in [6.07, 6.45) is 0. The summed E-state index contributed by atoms with van der Waals surface area (Å²) in [6.45, 7) is 5.61. The van der Waals surface area contributed by atoms with Gasteiger partial charge in [-0.15, -0.1) is 0 Å². The first-order valence-corrected chi connectivity index (χ1v) is 10.1. The molecule has 0 aliphatic heterocycles. The highest BCUT2D eigenvalue weighted by molar-refractivity contribution is 5.97. The molecule has 2 rings (SSSR count). The topological polar surface area (TPSA) is 84.9 Å². The average Bonchev–Trinajstić information content (AvgIpc) is 2.76. The highest BCUT2D eigenvalue weighted by Crippen LogP contribution is 2.13. The quantitative estimate of drug-likeness (QED) is 0.623. The number of benzene rings is 2. The fourth-order valence-corrected chi connectivity index (χ4v) is 2.93. The second-order valence-corrected chi connectivity index (χ2v) is 7.71. The summed E-state index contributed by atoms with van der Waals surface area (Å²) in [5.41, 5.74) is 2.50. The van der Waals surface area contributed by atoms with Crippen LogP contribution in [0.15, 0.2) is 48.5 Å². The van der Waals surface area contributed by atoms with Gasteiger partial charge in [-0.1, -0.05) is 38.1 Å². The van der Waals surface area contributed by atoms with Gasteiger partial charge in [-0.05, 0) is 48.2 Å². The maximum absolute atomic E-state index is 12.6. The lowest BCUT2D eigenvalue weighted by molar-refractivity contribution is -0.154. The lowest BCUT2D eigenvalue weighted by Crippen LogP contribution is -2.46. The maximum atomic E-state index is 12.6. The summed E-state index contributed by atoms with van der Waals surface area (Å²) >= 11 is 0. The highest BCUT2D eigenvalue weighted by atomic mass is 16.5. The molecule has 0 fully saturated rings. The molecule has 0 bridgehead atoms. The maximum Gasteiger partial charge on any atom is 0.329 e. The number of carbonyl (C=O) groups excluding carboxylic acids is 3. The minimum atomic E-state index is -0.871. The van der Waals surface area contributed by atoms with E-state index in [1.54, 1.807) is 52.3 Å². The van der Waals surface area contributed by atoms with Crippen molar-refractivity contribution in [3.05, 3.63) is 65.2 Å². The fourth-order valence-electron chi connectivity index (χ4n) is 2.93. The van der Waals surface area contributed by atoms with Crippen LogP contribution in [-0.4, -0.2) is 49.5 Å². The molecule has 2 amide bonds. The van der Waals surface area contributed by atoms with Crippen molar-refractivity contribution in [1.29, 1.82) is 0 Å². The Bertz CT molecular complexity index is 908. The molecule has 31 heavy (non-hydrogen) atoms. The Kier molecular flexibility index (Phi) is 8.61. The zero-order valence-corrected chi connectivity index (χ0v) is 18.7. The van der Waals surface area contributed by atoms with E-state index >= 15 is 0 Å². The third kappa shape index (κ3) is 6.84. The first-order valence-electron chi connectivity index (χ1n) is 10.1. The van der Waals surface area contributed by atoms with Crippen molar-refractivity contribution in [1.82, 2.24) is 10.2 Å². The molecule has 0 radical (unpaired) electrons. The highest BCUT2D eigenvalue weighted by Gasteiger charge is 2.27. The van der Waals surface area contributed by atoms with Crippen LogP contribution in [0.4, 0.5) is 0 Å². The molecule has 2 aromatic carbocycles. The Balaban J connectivity index is 1.93. The van der Waals surface area contributed by atoms with Crippen molar-refractivity contribution in [2.75, 3.05) is 20.8 Å². The van der Waals surface area contributed by atoms with Crippen molar-refractivity contribution < 1.29 is 23.9 Å². The summed E-state index contributed by atoms with van der Waals surface area (Å²) in [6, 6.07) is 13.5. The van der Waals surface area contributed by atoms with E-state index in [2.05, 4.69) is 5.32 Å². The van der Waals surface area contributed by atoms with E-state index in [0.29, 0.717) is 17.9 Å². The number of hydrogen-bond donors (Lipinski definition) is 1. The number of esters is 1. The van der Waals surface area contributed by atoms with Crippen LogP contribution >= 0.6 is 0 Å². The fraction of sp³-hybridized carbons (Fsp3) is 0.375. The normalized spacial score (nSPS) is 11.5. The summed E-state index contributed by atoms with van der Waals surface area (Å²) in [5, 5.41) is 2.69. The van der Waals surface area contributed by atoms with E-state index in [9.17, 15) is 14.4 Å². The van der Waals surface area contributed by atoms with Crippen LogP contribution in [0.1, 0.15) is 35.3 Å². The minimum absolute atomic E-state index is 0.213. The second-order valence-electron chi connectivity index (χ2n) is 7.71. The number of amides is 2. The molecule has 0 saturated carbocycles. The molecule has 1 atom stereocenters. The van der Waals surface area contributed by atoms with E-state index < -0.39 is 17.9 Å². The average molecular weight is 427 g/mol. The molecular weight excluding hydrogens is 396 g/mol. The number of methoxy groups -OCH3 is 1. The van der Waals surface area contributed by atoms with Crippen molar-refractivity contribution in [3.8, 4) is 5.75 Å². The first kappa shape index (κ1) is 23.9. The number of nitrogens with one attached hydrogen (secondary N) is 1. The van der Waals surface area contributed by atoms with Gasteiger partial charge >= 0.3 is 5.97 Å². The lowest BCUT2D eigenvalue weighted by Gasteiger charge is -2.22. The number of hydrogen-bond acceptors (Lipinski definition) is 5. The molecule has 7 nitrogen and oxygen atoms in total. The Morgan fingerprint density at radius 2 is 1.68 bits per heavy atom. The molecule has 2 aromatic rings. The largest absolute Gasteiger partial charge is 0.497 e. The van der Waals surface area contributed by atoms with Crippen molar-refractivity contribution in [2.24, 2.45) is 5.92 Å². The molecule has 166 valence electrons. The SMILES string of the molecule is COc1ccc(C(=O)N[C@H](C(=O)OCC(=O)N(C)Cc2ccccc2C)C(C)C)cc1. The van der Waals surface area contributed by atoms with E-state index in [1.165, 1.54) is 4.90 Å². The smallest absolute Gasteiger partial charge is 0.329 e. The van der Waals surface area contributed by atoms with Crippen molar-refractivity contribution in [2.45, 2.75) is 33.4 Å². The van der Waals surface area contributed by atoms with Crippen LogP contribution in [-0.2, 0) is 20.9 Å². The molecule has 0 aliphatic rings. The second kappa shape index (κ2) is 11.2. The third-order valence-electron chi connectivity index (χ3n) is 4.99. The standard InChI is InChI=1S/C24H30N2O5/c1-16(2)22(25-23(28)18-10-12-20(30-5)13-11-18)24(29)31-15-21(27)26(4)14-19-9-7-6-8-17(19)3/h6-13,16,22H,14-15H2,1-5H3,(H,25,28)/t22-/m0/s1. The zero-order chi connectivity index (χ0) is 23.0. The van der Waals surface area contributed by atoms with Gasteiger partial charge in [0.1, 0.15) is 11.8 Å². The molecule has 0 aliphatic carbocycles. The predicted molar refractivity (Wildman–Crippen MR) is 118 cm³/mol. The van der Waals surface area contributed by atoms with E-state index in [1.807, 2.05) is 31.2 Å². The molecule has 0 aromatic heterocycles. The van der Waals surface area contributed by atoms with Crippen LogP contribution in [0, 0.1) is 12.8 Å². The molecule has 0 unspecified atom stereocenters. The van der Waals surface area contributed by atoms with Crippen molar-refractivity contribution >= 4 is 17.8 Å². The summed E-state index contributed by atoms with van der Waals surface area (Å²) < 4.78 is 10.3. The van der Waals surface area contributed by atoms with Gasteiger partial charge in [0, 0.05) is 19.2 Å². The first-order chi connectivity index (χ1) is 14.7. The molecule has 0 heterocycles. The Morgan fingerprint density at radius 1 is 1.03 bits per heavy atom. The van der Waals surface area contributed by atoms with E-state index in [0.717, 1.165) is 11.1 Å². The Morgan fingerprint density at radius 3 is 2.26 bits per heavy atom. The van der Waals surface area contributed by atoms with Crippen LogP contribution < -0.4 is 10.1 Å². The number of rotatable bonds is 9. The molecule has 1 N–H and O–H groups in total. The lowest BCUT2D eigenvalue weighted by atomic mass is 10.0. The zero-order valence-electron chi connectivity index (χ0n) is 18.7. The minimum Gasteiger partial charge on any atom is -0.497 e. The molecule has 7 heteroatoms. The van der Waals surface area contributed by atoms with Crippen LogP contribution in [0.25, 0.3) is 0 Å². The number of likely N-dealkylation sites (N-methyl/N-ethyl adjacent to an activating group) is 1. The van der Waals surface area contributed by atoms with E-state index in [4.69, 9.17) is 9.47 Å². The summed E-state index contributed by atoms with van der Waals surface area (Å²) in [7, 11) is 3.20. The van der Waals surface area contributed by atoms with Gasteiger partial charge in [-0.3, -0.25) is 9.59 Å². The monoisotopic (exact) mass is 426 g/mol. The van der Waals surface area contributed by atoms with Crippen molar-refractivity contribution in [3.63, 3.8) is 0 Å².